The smallest absolute Gasteiger partial charge is 0.123 e. The summed E-state index contributed by atoms with van der Waals surface area (Å²) < 4.78 is 13.0. The minimum atomic E-state index is -0.222. The third-order valence-electron chi connectivity index (χ3n) is 2.97. The van der Waals surface area contributed by atoms with Crippen molar-refractivity contribution in [3.8, 4) is 6.07 Å². The van der Waals surface area contributed by atoms with Gasteiger partial charge in [-0.15, -0.1) is 0 Å². The van der Waals surface area contributed by atoms with Crippen LogP contribution in [0.25, 0.3) is 0 Å². The predicted molar refractivity (Wildman–Crippen MR) is 69.5 cm³/mol. The molecule has 0 heterocycles. The molecular weight excluding hydrogens is 225 g/mol. The summed E-state index contributed by atoms with van der Waals surface area (Å²) in [5.41, 5.74) is 1.96. The van der Waals surface area contributed by atoms with Gasteiger partial charge in [0.1, 0.15) is 5.82 Å². The first kappa shape index (κ1) is 12.3. The van der Waals surface area contributed by atoms with Gasteiger partial charge in [0.05, 0.1) is 12.0 Å². The van der Waals surface area contributed by atoms with Gasteiger partial charge in [-0.1, -0.05) is 42.5 Å². The molecule has 2 heteroatoms. The van der Waals surface area contributed by atoms with Gasteiger partial charge in [0, 0.05) is 0 Å². The Kier molecular flexibility index (Phi) is 4.09. The highest BCUT2D eigenvalue weighted by molar-refractivity contribution is 5.25. The Hall–Kier alpha value is -2.14. The fraction of sp³-hybridized carbons (Fsp3) is 0.188. The normalized spacial score (nSPS) is 11.8. The molecule has 2 aromatic carbocycles. The molecule has 0 aliphatic heterocycles. The molecule has 1 atom stereocenters. The van der Waals surface area contributed by atoms with Gasteiger partial charge in [0.15, 0.2) is 0 Å². The Bertz CT molecular complexity index is 543. The van der Waals surface area contributed by atoms with Gasteiger partial charge in [-0.05, 0) is 36.1 Å². The molecule has 0 bridgehead atoms. The summed E-state index contributed by atoms with van der Waals surface area (Å²) in [5.74, 6) is -0.352. The number of benzene rings is 2. The lowest BCUT2D eigenvalue weighted by molar-refractivity contribution is 0.623. The largest absolute Gasteiger partial charge is 0.207 e. The van der Waals surface area contributed by atoms with Gasteiger partial charge in [-0.2, -0.15) is 5.26 Å². The maximum absolute atomic E-state index is 13.0. The van der Waals surface area contributed by atoms with E-state index in [0.29, 0.717) is 12.8 Å². The van der Waals surface area contributed by atoms with E-state index in [9.17, 15) is 9.65 Å². The number of nitriles is 1. The summed E-state index contributed by atoms with van der Waals surface area (Å²) in [6.07, 6.45) is 1.43. The third-order valence-corrected chi connectivity index (χ3v) is 2.97. The quantitative estimate of drug-likeness (QED) is 0.789. The summed E-state index contributed by atoms with van der Waals surface area (Å²) in [7, 11) is 0. The zero-order valence-electron chi connectivity index (χ0n) is 10.0. The fourth-order valence-corrected chi connectivity index (χ4v) is 1.99. The molecule has 1 nitrogen and oxygen atoms in total. The van der Waals surface area contributed by atoms with E-state index >= 15 is 0 Å². The van der Waals surface area contributed by atoms with Crippen LogP contribution in [0.2, 0.25) is 0 Å². The van der Waals surface area contributed by atoms with E-state index in [-0.39, 0.29) is 11.7 Å². The zero-order valence-corrected chi connectivity index (χ0v) is 10.0. The number of hydrogen-bond acceptors (Lipinski definition) is 1. The monoisotopic (exact) mass is 239 g/mol. The second-order valence-electron chi connectivity index (χ2n) is 4.26. The molecule has 2 aromatic rings. The van der Waals surface area contributed by atoms with E-state index in [1.54, 1.807) is 6.07 Å². The van der Waals surface area contributed by atoms with Crippen molar-refractivity contribution in [2.24, 2.45) is 0 Å². The van der Waals surface area contributed by atoms with Crippen molar-refractivity contribution in [3.63, 3.8) is 0 Å². The zero-order chi connectivity index (χ0) is 12.8. The number of aryl methyl sites for hydroxylation is 1. The number of hydrogen-bond donors (Lipinski definition) is 0. The van der Waals surface area contributed by atoms with Crippen molar-refractivity contribution in [1.82, 2.24) is 0 Å². The lowest BCUT2D eigenvalue weighted by Crippen LogP contribution is -1.98. The number of halogens is 1. The van der Waals surface area contributed by atoms with Gasteiger partial charge >= 0.3 is 0 Å². The lowest BCUT2D eigenvalue weighted by atomic mass is 9.94. The van der Waals surface area contributed by atoms with Gasteiger partial charge in [0.25, 0.3) is 0 Å². The van der Waals surface area contributed by atoms with Crippen LogP contribution in [0, 0.1) is 17.1 Å². The molecule has 2 rings (SSSR count). The fourth-order valence-electron chi connectivity index (χ4n) is 1.99. The van der Waals surface area contributed by atoms with Gasteiger partial charge in [-0.25, -0.2) is 4.39 Å². The molecular formula is C16H14FN. The van der Waals surface area contributed by atoms with Crippen molar-refractivity contribution in [3.05, 3.63) is 71.5 Å². The average Bonchev–Trinajstić information content (AvgIpc) is 2.41. The van der Waals surface area contributed by atoms with Crippen molar-refractivity contribution in [2.75, 3.05) is 0 Å². The Balaban J connectivity index is 2.03. The molecule has 0 N–H and O–H groups in total. The summed E-state index contributed by atoms with van der Waals surface area (Å²) in [4.78, 5) is 0. The van der Waals surface area contributed by atoms with Crippen molar-refractivity contribution < 1.29 is 4.39 Å². The van der Waals surface area contributed by atoms with Crippen molar-refractivity contribution in [1.29, 1.82) is 5.26 Å². The number of nitrogens with zero attached hydrogens (tertiary/aromatic N) is 1. The first-order valence-electron chi connectivity index (χ1n) is 5.98. The summed E-state index contributed by atoms with van der Waals surface area (Å²) >= 11 is 0. The van der Waals surface area contributed by atoms with E-state index in [4.69, 9.17) is 0 Å². The highest BCUT2D eigenvalue weighted by atomic mass is 19.1. The van der Waals surface area contributed by atoms with Crippen LogP contribution in [-0.4, -0.2) is 0 Å². The highest BCUT2D eigenvalue weighted by Crippen LogP contribution is 2.21. The van der Waals surface area contributed by atoms with E-state index in [0.717, 1.165) is 11.1 Å². The van der Waals surface area contributed by atoms with Crippen molar-refractivity contribution in [2.45, 2.75) is 18.8 Å². The van der Waals surface area contributed by atoms with E-state index in [2.05, 4.69) is 6.07 Å². The molecule has 0 spiro atoms. The first-order valence-corrected chi connectivity index (χ1v) is 5.98. The van der Waals surface area contributed by atoms with Crippen LogP contribution in [-0.2, 0) is 6.42 Å². The molecule has 0 saturated carbocycles. The van der Waals surface area contributed by atoms with Crippen LogP contribution in [0.15, 0.2) is 54.6 Å². The van der Waals surface area contributed by atoms with Gasteiger partial charge < -0.3 is 0 Å². The molecule has 0 radical (unpaired) electrons. The van der Waals surface area contributed by atoms with Crippen molar-refractivity contribution >= 4 is 0 Å². The molecule has 0 aliphatic carbocycles. The molecule has 0 amide bonds. The molecule has 0 aromatic heterocycles. The van der Waals surface area contributed by atoms with Crippen LogP contribution in [0.1, 0.15) is 23.5 Å². The molecule has 0 aliphatic rings. The maximum Gasteiger partial charge on any atom is 0.123 e. The minimum absolute atomic E-state index is 0.130. The van der Waals surface area contributed by atoms with Crippen LogP contribution in [0.4, 0.5) is 4.39 Å². The summed E-state index contributed by atoms with van der Waals surface area (Å²) in [6, 6.07) is 18.6. The second-order valence-corrected chi connectivity index (χ2v) is 4.26. The Morgan fingerprint density at radius 2 is 1.83 bits per heavy atom. The van der Waals surface area contributed by atoms with E-state index < -0.39 is 0 Å². The lowest BCUT2D eigenvalue weighted by Gasteiger charge is -2.09. The van der Waals surface area contributed by atoms with Crippen LogP contribution >= 0.6 is 0 Å². The van der Waals surface area contributed by atoms with E-state index in [1.807, 2.05) is 36.4 Å². The third kappa shape index (κ3) is 3.18. The van der Waals surface area contributed by atoms with Gasteiger partial charge in [0.2, 0.25) is 0 Å². The average molecular weight is 239 g/mol. The SMILES string of the molecule is N#C[C@H](CCc1cccc(F)c1)c1ccccc1. The Labute approximate surface area is 107 Å². The van der Waals surface area contributed by atoms with E-state index in [1.165, 1.54) is 12.1 Å². The van der Waals surface area contributed by atoms with Crippen LogP contribution < -0.4 is 0 Å². The Morgan fingerprint density at radius 1 is 1.06 bits per heavy atom. The van der Waals surface area contributed by atoms with Crippen LogP contribution in [0.5, 0.6) is 0 Å². The topological polar surface area (TPSA) is 23.8 Å². The molecule has 0 saturated heterocycles. The second kappa shape index (κ2) is 5.97. The maximum atomic E-state index is 13.0. The highest BCUT2D eigenvalue weighted by Gasteiger charge is 2.10. The predicted octanol–water partition coefficient (Wildman–Crippen LogP) is 4.07. The molecule has 18 heavy (non-hydrogen) atoms. The van der Waals surface area contributed by atoms with Crippen LogP contribution in [0.3, 0.4) is 0 Å². The summed E-state index contributed by atoms with van der Waals surface area (Å²) in [6.45, 7) is 0. The molecule has 90 valence electrons. The standard InChI is InChI=1S/C16H14FN/c17-16-8-4-5-13(11-16)9-10-15(12-18)14-6-2-1-3-7-14/h1-8,11,15H,9-10H2/t15-/m0/s1. The molecule has 0 unspecified atom stereocenters. The molecule has 0 fully saturated rings. The minimum Gasteiger partial charge on any atom is -0.207 e. The first-order chi connectivity index (χ1) is 8.79. The Morgan fingerprint density at radius 3 is 2.50 bits per heavy atom. The number of rotatable bonds is 4. The van der Waals surface area contributed by atoms with Gasteiger partial charge in [-0.3, -0.25) is 0 Å². The summed E-state index contributed by atoms with van der Waals surface area (Å²) in [5, 5.41) is 9.19.